The van der Waals surface area contributed by atoms with Gasteiger partial charge in [-0.1, -0.05) is 0 Å². The second-order valence-electron chi connectivity index (χ2n) is 5.81. The largest absolute Gasteiger partial charge is 0.360 e. The molecule has 3 rings (SSSR count). The molecule has 0 radical (unpaired) electrons. The number of rotatable bonds is 3. The lowest BCUT2D eigenvalue weighted by Crippen LogP contribution is -2.50. The predicted molar refractivity (Wildman–Crippen MR) is 86.9 cm³/mol. The zero-order chi connectivity index (χ0) is 17.3. The highest BCUT2D eigenvalue weighted by Gasteiger charge is 2.37. The van der Waals surface area contributed by atoms with Gasteiger partial charge in [-0.05, 0) is 31.2 Å². The fourth-order valence-corrected chi connectivity index (χ4v) is 2.97. The fraction of sp³-hybridized carbons (Fsp3) is 0.235. The second kappa shape index (κ2) is 5.99. The first kappa shape index (κ1) is 16.0. The molecular formula is C17H16F2N4O. The minimum Gasteiger partial charge on any atom is -0.360 e. The van der Waals surface area contributed by atoms with Crippen LogP contribution in [0.25, 0.3) is 0 Å². The van der Waals surface area contributed by atoms with Crippen molar-refractivity contribution >= 4 is 17.9 Å². The number of nitrogens with zero attached hydrogens (tertiary/aromatic N) is 2. The Kier molecular flexibility index (Phi) is 4.01. The van der Waals surface area contributed by atoms with Crippen molar-refractivity contribution in [1.82, 2.24) is 10.3 Å². The maximum absolute atomic E-state index is 14.4. The molecule has 1 atom stereocenters. The first-order chi connectivity index (χ1) is 11.5. The van der Waals surface area contributed by atoms with Crippen molar-refractivity contribution in [3.63, 3.8) is 0 Å². The number of benzene rings is 1. The number of carbonyl (C=O) groups is 1. The van der Waals surface area contributed by atoms with Gasteiger partial charge in [-0.15, -0.1) is 0 Å². The maximum Gasteiger partial charge on any atom is 0.211 e. The lowest BCUT2D eigenvalue weighted by Gasteiger charge is -2.37. The van der Waals surface area contributed by atoms with Gasteiger partial charge >= 0.3 is 0 Å². The molecule has 0 bridgehead atoms. The number of amides is 1. The first-order valence-corrected chi connectivity index (χ1v) is 7.37. The number of hydrogen-bond donors (Lipinski definition) is 2. The van der Waals surface area contributed by atoms with Crippen molar-refractivity contribution < 1.29 is 13.6 Å². The van der Waals surface area contributed by atoms with E-state index in [0.717, 1.165) is 6.20 Å². The molecule has 2 N–H and O–H groups in total. The summed E-state index contributed by atoms with van der Waals surface area (Å²) in [5.41, 5.74) is 1.21. The van der Waals surface area contributed by atoms with Crippen LogP contribution in [0.2, 0.25) is 0 Å². The highest BCUT2D eigenvalue weighted by atomic mass is 19.1. The molecule has 0 spiro atoms. The number of hydrogen-bond acceptors (Lipinski definition) is 3. The molecule has 1 aliphatic heterocycles. The Morgan fingerprint density at radius 2 is 2.17 bits per heavy atom. The van der Waals surface area contributed by atoms with Crippen LogP contribution in [0.3, 0.4) is 0 Å². The first-order valence-electron chi connectivity index (χ1n) is 7.37. The molecule has 24 heavy (non-hydrogen) atoms. The summed E-state index contributed by atoms with van der Waals surface area (Å²) in [6.45, 7) is 1.81. The van der Waals surface area contributed by atoms with Crippen LogP contribution < -0.4 is 10.6 Å². The number of aromatic nitrogens is 1. The van der Waals surface area contributed by atoms with E-state index in [1.807, 2.05) is 6.92 Å². The van der Waals surface area contributed by atoms with Crippen molar-refractivity contribution in [3.05, 3.63) is 58.9 Å². The molecule has 1 aliphatic rings. The number of nitrogens with one attached hydrogen (secondary N) is 2. The molecule has 2 heterocycles. The van der Waals surface area contributed by atoms with E-state index >= 15 is 0 Å². The molecule has 124 valence electrons. The average molecular weight is 330 g/mol. The van der Waals surface area contributed by atoms with Crippen LogP contribution in [-0.4, -0.2) is 24.3 Å². The van der Waals surface area contributed by atoms with E-state index in [-0.39, 0.29) is 0 Å². The number of halogens is 2. The number of fused-ring (bicyclic) bond motifs is 1. The normalized spacial score (nSPS) is 21.1. The van der Waals surface area contributed by atoms with Crippen LogP contribution in [0.1, 0.15) is 23.7 Å². The minimum atomic E-state index is -0.836. The third kappa shape index (κ3) is 2.73. The molecule has 1 unspecified atom stereocenters. The molecule has 0 saturated carbocycles. The zero-order valence-corrected chi connectivity index (χ0v) is 13.2. The fourth-order valence-electron chi connectivity index (χ4n) is 2.97. The molecule has 1 amide bonds. The average Bonchev–Trinajstić information content (AvgIpc) is 2.56. The number of amidine groups is 1. The highest BCUT2D eigenvalue weighted by molar-refractivity contribution is 6.01. The van der Waals surface area contributed by atoms with E-state index in [4.69, 9.17) is 0 Å². The molecule has 2 aromatic rings. The SMILES string of the molecule is CN=C1NC(C)(c2cc(NC=O)ccc2F)Cc2ncc(F)cc21. The summed E-state index contributed by atoms with van der Waals surface area (Å²) >= 11 is 0. The Hall–Kier alpha value is -2.83. The summed E-state index contributed by atoms with van der Waals surface area (Å²) in [6, 6.07) is 5.71. The molecule has 1 aromatic carbocycles. The van der Waals surface area contributed by atoms with Crippen molar-refractivity contribution in [2.75, 3.05) is 12.4 Å². The van der Waals surface area contributed by atoms with E-state index in [0.29, 0.717) is 41.2 Å². The second-order valence-corrected chi connectivity index (χ2v) is 5.81. The Balaban J connectivity index is 2.10. The monoisotopic (exact) mass is 330 g/mol. The van der Waals surface area contributed by atoms with Crippen LogP contribution in [0, 0.1) is 11.6 Å². The van der Waals surface area contributed by atoms with Crippen molar-refractivity contribution in [2.24, 2.45) is 4.99 Å². The van der Waals surface area contributed by atoms with Crippen molar-refractivity contribution in [2.45, 2.75) is 18.9 Å². The summed E-state index contributed by atoms with van der Waals surface area (Å²) < 4.78 is 27.9. The van der Waals surface area contributed by atoms with Crippen LogP contribution in [0.15, 0.2) is 35.5 Å². The Labute approximate surface area is 137 Å². The van der Waals surface area contributed by atoms with Crippen molar-refractivity contribution in [3.8, 4) is 0 Å². The van der Waals surface area contributed by atoms with Crippen molar-refractivity contribution in [1.29, 1.82) is 0 Å². The Morgan fingerprint density at radius 3 is 2.88 bits per heavy atom. The van der Waals surface area contributed by atoms with Crippen LogP contribution in [0.4, 0.5) is 14.5 Å². The van der Waals surface area contributed by atoms with Gasteiger partial charge in [0.25, 0.3) is 0 Å². The Bertz CT molecular complexity index is 837. The van der Waals surface area contributed by atoms with E-state index in [2.05, 4.69) is 20.6 Å². The third-order valence-corrected chi connectivity index (χ3v) is 4.12. The van der Waals surface area contributed by atoms with E-state index in [9.17, 15) is 13.6 Å². The van der Waals surface area contributed by atoms with Gasteiger partial charge in [0.1, 0.15) is 17.5 Å². The third-order valence-electron chi connectivity index (χ3n) is 4.12. The number of aliphatic imine (C=N–C) groups is 1. The van der Waals surface area contributed by atoms with Gasteiger partial charge in [-0.3, -0.25) is 14.8 Å². The van der Waals surface area contributed by atoms with Gasteiger partial charge in [0, 0.05) is 30.3 Å². The molecule has 7 heteroatoms. The van der Waals surface area contributed by atoms with E-state index in [1.165, 1.54) is 18.2 Å². The topological polar surface area (TPSA) is 66.4 Å². The number of pyridine rings is 1. The van der Waals surface area contributed by atoms with E-state index < -0.39 is 17.2 Å². The zero-order valence-electron chi connectivity index (χ0n) is 13.2. The predicted octanol–water partition coefficient (Wildman–Crippen LogP) is 2.37. The van der Waals surface area contributed by atoms with Gasteiger partial charge < -0.3 is 10.6 Å². The maximum atomic E-state index is 14.4. The quantitative estimate of drug-likeness (QED) is 0.849. The van der Waals surface area contributed by atoms with Crippen LogP contribution >= 0.6 is 0 Å². The lowest BCUT2D eigenvalue weighted by molar-refractivity contribution is -0.105. The molecule has 1 aromatic heterocycles. The van der Waals surface area contributed by atoms with Gasteiger partial charge in [0.2, 0.25) is 6.41 Å². The molecule has 0 aliphatic carbocycles. The summed E-state index contributed by atoms with van der Waals surface area (Å²) in [5.74, 6) is -0.426. The van der Waals surface area contributed by atoms with E-state index in [1.54, 1.807) is 13.1 Å². The van der Waals surface area contributed by atoms with Gasteiger partial charge in [0.15, 0.2) is 0 Å². The Morgan fingerprint density at radius 1 is 1.38 bits per heavy atom. The summed E-state index contributed by atoms with van der Waals surface area (Å²) in [7, 11) is 1.57. The minimum absolute atomic E-state index is 0.350. The van der Waals surface area contributed by atoms with Crippen LogP contribution in [-0.2, 0) is 16.8 Å². The van der Waals surface area contributed by atoms with Gasteiger partial charge in [-0.2, -0.15) is 0 Å². The standard InChI is InChI=1S/C17H16F2N4O/c1-17(13-6-11(22-9-24)3-4-14(13)19)7-15-12(16(20-2)23-17)5-10(18)8-21-15/h3-6,8-9H,7H2,1-2H3,(H,20,23)(H,22,24). The van der Waals surface area contributed by atoms with Crippen LogP contribution in [0.5, 0.6) is 0 Å². The molecular weight excluding hydrogens is 314 g/mol. The summed E-state index contributed by atoms with van der Waals surface area (Å²) in [5, 5.41) is 5.69. The molecule has 0 saturated heterocycles. The summed E-state index contributed by atoms with van der Waals surface area (Å²) in [6.07, 6.45) is 2.02. The number of anilines is 1. The smallest absolute Gasteiger partial charge is 0.211 e. The lowest BCUT2D eigenvalue weighted by atomic mass is 9.82. The number of carbonyl (C=O) groups excluding carboxylic acids is 1. The molecule has 0 fully saturated rings. The molecule has 5 nitrogen and oxygen atoms in total. The van der Waals surface area contributed by atoms with Gasteiger partial charge in [-0.25, -0.2) is 8.78 Å². The van der Waals surface area contributed by atoms with Gasteiger partial charge in [0.05, 0.1) is 17.4 Å². The summed E-state index contributed by atoms with van der Waals surface area (Å²) in [4.78, 5) is 18.9. The highest BCUT2D eigenvalue weighted by Crippen LogP contribution is 2.33.